The number of rotatable bonds is 4. The van der Waals surface area contributed by atoms with Crippen LogP contribution < -0.4 is 0 Å². The quantitative estimate of drug-likeness (QED) is 0.425. The summed E-state index contributed by atoms with van der Waals surface area (Å²) in [5, 5.41) is 0. The first kappa shape index (κ1) is 20.4. The van der Waals surface area contributed by atoms with E-state index in [4.69, 9.17) is 18.6 Å². The van der Waals surface area contributed by atoms with Gasteiger partial charge in [0.2, 0.25) is 0 Å². The molecule has 1 aliphatic heterocycles. The van der Waals surface area contributed by atoms with Gasteiger partial charge in [0, 0.05) is 19.3 Å². The topological polar surface area (TPSA) is 75.0 Å². The SMILES string of the molecule is COC(=O)[C@@]1(C)CC2(CC3=C1CC[C@@H](C)[C@]3(C)CC(=O)c1ccoc1)OCCO2. The van der Waals surface area contributed by atoms with Crippen LogP contribution in [0.2, 0.25) is 0 Å². The smallest absolute Gasteiger partial charge is 0.315 e. The number of carbonyl (C=O) groups excluding carboxylic acids is 2. The molecule has 1 aromatic rings. The molecule has 0 amide bonds. The molecule has 29 heavy (non-hydrogen) atoms. The third-order valence-electron chi connectivity index (χ3n) is 7.52. The number of carbonyl (C=O) groups is 2. The molecule has 1 fully saturated rings. The molecule has 3 aliphatic rings. The lowest BCUT2D eigenvalue weighted by Crippen LogP contribution is -2.51. The van der Waals surface area contributed by atoms with E-state index >= 15 is 0 Å². The van der Waals surface area contributed by atoms with Crippen molar-refractivity contribution < 1.29 is 28.2 Å². The van der Waals surface area contributed by atoms with Gasteiger partial charge in [0.05, 0.1) is 37.6 Å². The summed E-state index contributed by atoms with van der Waals surface area (Å²) < 4.78 is 22.5. The van der Waals surface area contributed by atoms with E-state index in [0.717, 1.165) is 24.0 Å². The number of esters is 1. The zero-order valence-electron chi connectivity index (χ0n) is 17.7. The molecule has 2 aliphatic carbocycles. The molecule has 2 heterocycles. The van der Waals surface area contributed by atoms with E-state index in [1.54, 1.807) is 6.07 Å². The fourth-order valence-electron chi connectivity index (χ4n) is 5.63. The van der Waals surface area contributed by atoms with Gasteiger partial charge in [0.1, 0.15) is 6.26 Å². The highest BCUT2D eigenvalue weighted by molar-refractivity contribution is 5.96. The van der Waals surface area contributed by atoms with Crippen molar-refractivity contribution in [2.24, 2.45) is 16.7 Å². The second-order valence-electron chi connectivity index (χ2n) is 9.21. The molecule has 6 heteroatoms. The summed E-state index contributed by atoms with van der Waals surface area (Å²) in [5.74, 6) is -0.745. The Balaban J connectivity index is 1.80. The largest absolute Gasteiger partial charge is 0.472 e. The fraction of sp³-hybridized carbons (Fsp3) is 0.652. The van der Waals surface area contributed by atoms with E-state index in [0.29, 0.717) is 38.0 Å². The van der Waals surface area contributed by atoms with E-state index in [9.17, 15) is 9.59 Å². The minimum Gasteiger partial charge on any atom is -0.472 e. The van der Waals surface area contributed by atoms with Crippen molar-refractivity contribution in [3.8, 4) is 0 Å². The molecule has 0 N–H and O–H groups in total. The Labute approximate surface area is 171 Å². The molecule has 6 nitrogen and oxygen atoms in total. The number of hydrogen-bond acceptors (Lipinski definition) is 6. The van der Waals surface area contributed by atoms with Crippen LogP contribution in [0.5, 0.6) is 0 Å². The highest BCUT2D eigenvalue weighted by Gasteiger charge is 2.58. The average molecular weight is 402 g/mol. The molecular weight excluding hydrogens is 372 g/mol. The number of ether oxygens (including phenoxy) is 3. The Hall–Kier alpha value is -1.92. The summed E-state index contributed by atoms with van der Waals surface area (Å²) in [6.45, 7) is 7.31. The van der Waals surface area contributed by atoms with Crippen LogP contribution in [0.3, 0.4) is 0 Å². The van der Waals surface area contributed by atoms with E-state index in [-0.39, 0.29) is 23.1 Å². The number of hydrogen-bond donors (Lipinski definition) is 0. The molecule has 0 bridgehead atoms. The number of methoxy groups -OCH3 is 1. The summed E-state index contributed by atoms with van der Waals surface area (Å²) in [6.07, 6.45) is 6.18. The van der Waals surface area contributed by atoms with Crippen molar-refractivity contribution in [2.75, 3.05) is 20.3 Å². The molecule has 0 unspecified atom stereocenters. The van der Waals surface area contributed by atoms with E-state index in [2.05, 4.69) is 13.8 Å². The van der Waals surface area contributed by atoms with Gasteiger partial charge in [-0.1, -0.05) is 25.0 Å². The maximum atomic E-state index is 13.0. The predicted octanol–water partition coefficient (Wildman–Crippen LogP) is 4.30. The minimum absolute atomic E-state index is 0.0505. The summed E-state index contributed by atoms with van der Waals surface area (Å²) >= 11 is 0. The van der Waals surface area contributed by atoms with Crippen LogP contribution >= 0.6 is 0 Å². The zero-order valence-corrected chi connectivity index (χ0v) is 17.7. The van der Waals surface area contributed by atoms with Gasteiger partial charge in [-0.25, -0.2) is 0 Å². The lowest BCUT2D eigenvalue weighted by Gasteiger charge is -2.53. The molecule has 0 saturated carbocycles. The number of Topliss-reactive ketones (excluding diaryl/α,β-unsaturated/α-hetero) is 1. The van der Waals surface area contributed by atoms with Crippen molar-refractivity contribution in [1.29, 1.82) is 0 Å². The molecule has 0 aromatic carbocycles. The first-order valence-electron chi connectivity index (χ1n) is 10.4. The summed E-state index contributed by atoms with van der Waals surface area (Å²) in [5.41, 5.74) is 1.62. The molecule has 3 atom stereocenters. The third kappa shape index (κ3) is 3.17. The van der Waals surface area contributed by atoms with Crippen LogP contribution in [0.25, 0.3) is 0 Å². The van der Waals surface area contributed by atoms with Gasteiger partial charge in [0.15, 0.2) is 11.6 Å². The Kier molecular flexibility index (Phi) is 4.98. The fourth-order valence-corrected chi connectivity index (χ4v) is 5.63. The second kappa shape index (κ2) is 7.10. The third-order valence-corrected chi connectivity index (χ3v) is 7.52. The molecule has 1 spiro atoms. The maximum Gasteiger partial charge on any atom is 0.315 e. The van der Waals surface area contributed by atoms with Crippen molar-refractivity contribution in [2.45, 2.75) is 58.7 Å². The first-order chi connectivity index (χ1) is 13.7. The minimum atomic E-state index is -0.821. The van der Waals surface area contributed by atoms with E-state index in [1.165, 1.54) is 19.6 Å². The van der Waals surface area contributed by atoms with Crippen molar-refractivity contribution in [1.82, 2.24) is 0 Å². The van der Waals surface area contributed by atoms with Crippen LogP contribution in [0.4, 0.5) is 0 Å². The summed E-state index contributed by atoms with van der Waals surface area (Å²) in [4.78, 5) is 26.0. The Morgan fingerprint density at radius 2 is 1.93 bits per heavy atom. The molecule has 0 radical (unpaired) electrons. The number of furan rings is 1. The van der Waals surface area contributed by atoms with Crippen LogP contribution in [-0.4, -0.2) is 37.9 Å². The van der Waals surface area contributed by atoms with Gasteiger partial charge in [-0.15, -0.1) is 0 Å². The predicted molar refractivity (Wildman–Crippen MR) is 105 cm³/mol. The standard InChI is InChI=1S/C23H30O6/c1-15-5-6-17-18(21(15,2)12-19(24)16-7-8-27-13-16)11-23(28-9-10-29-23)14-22(17,3)20(25)26-4/h7-8,13,15H,5-6,9-12,14H2,1-4H3/t15-,21+,22+/m1/s1. The van der Waals surface area contributed by atoms with Gasteiger partial charge < -0.3 is 18.6 Å². The monoisotopic (exact) mass is 402 g/mol. The van der Waals surface area contributed by atoms with Crippen molar-refractivity contribution in [3.63, 3.8) is 0 Å². The van der Waals surface area contributed by atoms with Gasteiger partial charge in [0.25, 0.3) is 0 Å². The Morgan fingerprint density at radius 3 is 2.55 bits per heavy atom. The van der Waals surface area contributed by atoms with Crippen LogP contribution in [-0.2, 0) is 19.0 Å². The molecule has 1 aromatic heterocycles. The zero-order chi connectivity index (χ0) is 20.9. The Morgan fingerprint density at radius 1 is 1.21 bits per heavy atom. The van der Waals surface area contributed by atoms with Gasteiger partial charge in [-0.2, -0.15) is 0 Å². The molecule has 158 valence electrons. The summed E-state index contributed by atoms with van der Waals surface area (Å²) in [6, 6.07) is 1.71. The van der Waals surface area contributed by atoms with Crippen LogP contribution in [0.15, 0.2) is 34.2 Å². The second-order valence-corrected chi connectivity index (χ2v) is 9.21. The van der Waals surface area contributed by atoms with E-state index < -0.39 is 11.2 Å². The normalized spacial score (nSPS) is 33.6. The van der Waals surface area contributed by atoms with E-state index in [1.807, 2.05) is 6.92 Å². The lowest BCUT2D eigenvalue weighted by molar-refractivity contribution is -0.194. The maximum absolute atomic E-state index is 13.0. The first-order valence-corrected chi connectivity index (χ1v) is 10.4. The van der Waals surface area contributed by atoms with Crippen molar-refractivity contribution >= 4 is 11.8 Å². The number of ketones is 1. The molecule has 1 saturated heterocycles. The average Bonchev–Trinajstić information content (AvgIpc) is 3.37. The van der Waals surface area contributed by atoms with Gasteiger partial charge in [-0.3, -0.25) is 9.59 Å². The van der Waals surface area contributed by atoms with Crippen LogP contribution in [0, 0.1) is 16.7 Å². The lowest BCUT2D eigenvalue weighted by atomic mass is 9.54. The highest BCUT2D eigenvalue weighted by Crippen LogP contribution is 2.60. The molecule has 4 rings (SSSR count). The van der Waals surface area contributed by atoms with Crippen molar-refractivity contribution in [3.05, 3.63) is 35.3 Å². The highest BCUT2D eigenvalue weighted by atomic mass is 16.7. The molecular formula is C23H30O6. The van der Waals surface area contributed by atoms with Gasteiger partial charge >= 0.3 is 5.97 Å². The van der Waals surface area contributed by atoms with Crippen LogP contribution in [0.1, 0.15) is 63.2 Å². The van der Waals surface area contributed by atoms with Gasteiger partial charge in [-0.05, 0) is 37.2 Å². The summed E-state index contributed by atoms with van der Waals surface area (Å²) in [7, 11) is 1.43. The Bertz CT molecular complexity index is 832.